The SMILES string of the molecule is COc1cc(C2C3=C(CCCC3=O)Nc3nc(-c4ccc(F)cc4)nn32)ccc1OCc1ccccc1. The highest BCUT2D eigenvalue weighted by Crippen LogP contribution is 2.42. The highest BCUT2D eigenvalue weighted by atomic mass is 19.1. The van der Waals surface area contributed by atoms with Crippen molar-refractivity contribution in [2.24, 2.45) is 0 Å². The number of rotatable bonds is 6. The molecule has 1 N–H and O–H groups in total. The zero-order valence-electron chi connectivity index (χ0n) is 20.3. The lowest BCUT2D eigenvalue weighted by Gasteiger charge is -2.32. The van der Waals surface area contributed by atoms with E-state index in [4.69, 9.17) is 14.6 Å². The van der Waals surface area contributed by atoms with Gasteiger partial charge in [-0.25, -0.2) is 9.07 Å². The molecule has 37 heavy (non-hydrogen) atoms. The van der Waals surface area contributed by atoms with Gasteiger partial charge in [0.2, 0.25) is 5.95 Å². The average Bonchev–Trinajstić information content (AvgIpc) is 3.35. The molecule has 4 aromatic rings. The molecule has 8 heteroatoms. The second-order valence-electron chi connectivity index (χ2n) is 9.09. The predicted molar refractivity (Wildman–Crippen MR) is 137 cm³/mol. The molecule has 0 saturated carbocycles. The third kappa shape index (κ3) is 4.35. The Hall–Kier alpha value is -4.46. The van der Waals surface area contributed by atoms with Gasteiger partial charge in [0.25, 0.3) is 0 Å². The number of Topliss-reactive ketones (excluding diaryl/α,β-unsaturated/α-hetero) is 1. The first-order valence-electron chi connectivity index (χ1n) is 12.2. The molecule has 7 nitrogen and oxygen atoms in total. The fraction of sp³-hybridized carbons (Fsp3) is 0.207. The number of fused-ring (bicyclic) bond motifs is 1. The predicted octanol–water partition coefficient (Wildman–Crippen LogP) is 5.69. The van der Waals surface area contributed by atoms with E-state index in [-0.39, 0.29) is 11.6 Å². The molecule has 1 atom stereocenters. The summed E-state index contributed by atoms with van der Waals surface area (Å²) in [6, 6.07) is 21.2. The Bertz CT molecular complexity index is 1500. The molecule has 6 rings (SSSR count). The third-order valence-corrected chi connectivity index (χ3v) is 6.71. The molecule has 2 aliphatic rings. The van der Waals surface area contributed by atoms with E-state index < -0.39 is 6.04 Å². The third-order valence-electron chi connectivity index (χ3n) is 6.71. The van der Waals surface area contributed by atoms with Crippen molar-refractivity contribution < 1.29 is 18.7 Å². The van der Waals surface area contributed by atoms with E-state index in [1.807, 2.05) is 48.5 Å². The fourth-order valence-corrected chi connectivity index (χ4v) is 4.89. The summed E-state index contributed by atoms with van der Waals surface area (Å²) in [6.45, 7) is 0.409. The molecular formula is C29H25FN4O3. The Morgan fingerprint density at radius 1 is 1.03 bits per heavy atom. The van der Waals surface area contributed by atoms with Gasteiger partial charge in [0, 0.05) is 23.3 Å². The maximum atomic E-state index is 13.5. The van der Waals surface area contributed by atoms with E-state index in [0.717, 1.165) is 29.7 Å². The van der Waals surface area contributed by atoms with Crippen LogP contribution < -0.4 is 14.8 Å². The van der Waals surface area contributed by atoms with Crippen LogP contribution in [0.25, 0.3) is 11.4 Å². The minimum atomic E-state index is -0.474. The smallest absolute Gasteiger partial charge is 0.226 e. The van der Waals surface area contributed by atoms with Crippen LogP contribution in [0.4, 0.5) is 10.3 Å². The second kappa shape index (κ2) is 9.54. The number of halogens is 1. The first-order chi connectivity index (χ1) is 18.1. The van der Waals surface area contributed by atoms with Gasteiger partial charge in [0.05, 0.1) is 7.11 Å². The van der Waals surface area contributed by atoms with Gasteiger partial charge >= 0.3 is 0 Å². The van der Waals surface area contributed by atoms with Gasteiger partial charge in [-0.1, -0.05) is 36.4 Å². The van der Waals surface area contributed by atoms with Gasteiger partial charge in [-0.15, -0.1) is 5.10 Å². The lowest BCUT2D eigenvalue weighted by Crippen LogP contribution is -2.31. The van der Waals surface area contributed by atoms with Crippen molar-refractivity contribution in [1.82, 2.24) is 14.8 Å². The molecule has 3 aromatic carbocycles. The van der Waals surface area contributed by atoms with Crippen molar-refractivity contribution in [3.63, 3.8) is 0 Å². The topological polar surface area (TPSA) is 78.3 Å². The van der Waals surface area contributed by atoms with E-state index in [1.54, 1.807) is 23.9 Å². The average molecular weight is 497 g/mol. The molecule has 1 unspecified atom stereocenters. The van der Waals surface area contributed by atoms with Crippen LogP contribution in [0.1, 0.15) is 36.4 Å². The van der Waals surface area contributed by atoms with Crippen molar-refractivity contribution in [3.05, 3.63) is 101 Å². The van der Waals surface area contributed by atoms with Gasteiger partial charge in [-0.2, -0.15) is 4.98 Å². The number of ketones is 1. The largest absolute Gasteiger partial charge is 0.493 e. The second-order valence-corrected chi connectivity index (χ2v) is 9.09. The van der Waals surface area contributed by atoms with Crippen LogP contribution in [-0.4, -0.2) is 27.7 Å². The molecule has 1 aliphatic carbocycles. The number of aromatic nitrogens is 3. The molecule has 0 spiro atoms. The number of hydrogen-bond acceptors (Lipinski definition) is 6. The van der Waals surface area contributed by atoms with Crippen molar-refractivity contribution in [2.75, 3.05) is 12.4 Å². The fourth-order valence-electron chi connectivity index (χ4n) is 4.89. The van der Waals surface area contributed by atoms with Crippen LogP contribution in [0.15, 0.2) is 84.1 Å². The van der Waals surface area contributed by atoms with Gasteiger partial charge < -0.3 is 14.8 Å². The normalized spacial score (nSPS) is 16.6. The minimum absolute atomic E-state index is 0.0894. The summed E-state index contributed by atoms with van der Waals surface area (Å²) in [5.41, 5.74) is 4.14. The molecule has 0 amide bonds. The maximum Gasteiger partial charge on any atom is 0.226 e. The van der Waals surface area contributed by atoms with Gasteiger partial charge in [0.15, 0.2) is 23.1 Å². The first-order valence-corrected chi connectivity index (χ1v) is 12.2. The molecule has 1 aliphatic heterocycles. The van der Waals surface area contributed by atoms with Crippen LogP contribution >= 0.6 is 0 Å². The van der Waals surface area contributed by atoms with E-state index in [2.05, 4.69) is 10.3 Å². The number of nitrogens with zero attached hydrogens (tertiary/aromatic N) is 3. The molecule has 0 fully saturated rings. The Morgan fingerprint density at radius 2 is 1.84 bits per heavy atom. The lowest BCUT2D eigenvalue weighted by molar-refractivity contribution is -0.116. The molecule has 0 saturated heterocycles. The zero-order chi connectivity index (χ0) is 25.4. The molecule has 2 heterocycles. The number of benzene rings is 3. The summed E-state index contributed by atoms with van der Waals surface area (Å²) in [5, 5.41) is 8.08. The van der Waals surface area contributed by atoms with Crippen LogP contribution in [0.3, 0.4) is 0 Å². The van der Waals surface area contributed by atoms with Crippen molar-refractivity contribution in [3.8, 4) is 22.9 Å². The number of allylic oxidation sites excluding steroid dienone is 2. The van der Waals surface area contributed by atoms with Gasteiger partial charge in [-0.3, -0.25) is 4.79 Å². The Kier molecular flexibility index (Phi) is 5.92. The molecule has 186 valence electrons. The van der Waals surface area contributed by atoms with E-state index in [1.165, 1.54) is 12.1 Å². The number of ether oxygens (including phenoxy) is 2. The first kappa shape index (κ1) is 23.0. The standard InChI is InChI=1S/C29H25FN4O3/c1-36-25-16-20(12-15-24(25)37-17-18-6-3-2-4-7-18)27-26-22(8-5-9-23(26)35)31-29-32-28(33-34(27)29)19-10-13-21(30)14-11-19/h2-4,6-7,10-16,27H,5,8-9,17H2,1H3,(H,31,32,33). The molecule has 0 bridgehead atoms. The number of anilines is 1. The summed E-state index contributed by atoms with van der Waals surface area (Å²) >= 11 is 0. The summed E-state index contributed by atoms with van der Waals surface area (Å²) in [5.74, 6) is 1.94. The molecular weight excluding hydrogens is 471 g/mol. The summed E-state index contributed by atoms with van der Waals surface area (Å²) < 4.78 is 26.9. The maximum absolute atomic E-state index is 13.5. The van der Waals surface area contributed by atoms with Crippen molar-refractivity contribution >= 4 is 11.7 Å². The van der Waals surface area contributed by atoms with Gasteiger partial charge in [0.1, 0.15) is 18.5 Å². The lowest BCUT2D eigenvalue weighted by atomic mass is 9.85. The highest BCUT2D eigenvalue weighted by Gasteiger charge is 2.37. The van der Waals surface area contributed by atoms with Crippen LogP contribution in [0, 0.1) is 5.82 Å². The van der Waals surface area contributed by atoms with Crippen LogP contribution in [0.2, 0.25) is 0 Å². The Labute approximate surface area is 213 Å². The minimum Gasteiger partial charge on any atom is -0.493 e. The van der Waals surface area contributed by atoms with Gasteiger partial charge in [-0.05, 0) is 60.4 Å². The molecule has 1 aromatic heterocycles. The van der Waals surface area contributed by atoms with E-state index in [9.17, 15) is 9.18 Å². The van der Waals surface area contributed by atoms with E-state index >= 15 is 0 Å². The van der Waals surface area contributed by atoms with Crippen LogP contribution in [-0.2, 0) is 11.4 Å². The highest BCUT2D eigenvalue weighted by molar-refractivity contribution is 5.99. The summed E-state index contributed by atoms with van der Waals surface area (Å²) in [4.78, 5) is 17.8. The number of carbonyl (C=O) groups is 1. The number of hydrogen-bond donors (Lipinski definition) is 1. The molecule has 0 radical (unpaired) electrons. The number of methoxy groups -OCH3 is 1. The van der Waals surface area contributed by atoms with Crippen molar-refractivity contribution in [1.29, 1.82) is 0 Å². The Morgan fingerprint density at radius 3 is 2.62 bits per heavy atom. The number of carbonyl (C=O) groups excluding carboxylic acids is 1. The zero-order valence-corrected chi connectivity index (χ0v) is 20.3. The summed E-state index contributed by atoms with van der Waals surface area (Å²) in [6.07, 6.45) is 2.03. The number of nitrogens with one attached hydrogen (secondary N) is 1. The van der Waals surface area contributed by atoms with Crippen LogP contribution in [0.5, 0.6) is 11.5 Å². The summed E-state index contributed by atoms with van der Waals surface area (Å²) in [7, 11) is 1.60. The quantitative estimate of drug-likeness (QED) is 0.369. The monoisotopic (exact) mass is 496 g/mol. The van der Waals surface area contributed by atoms with E-state index in [0.29, 0.717) is 47.4 Å². The van der Waals surface area contributed by atoms with Crippen molar-refractivity contribution in [2.45, 2.75) is 31.9 Å². The Balaban J connectivity index is 1.40.